The van der Waals surface area contributed by atoms with Crippen LogP contribution in [0.4, 0.5) is 16.3 Å². The number of nitrogens with zero attached hydrogens (tertiary/aromatic N) is 3. The summed E-state index contributed by atoms with van der Waals surface area (Å²) >= 11 is 6.69. The minimum atomic E-state index is -0.523. The van der Waals surface area contributed by atoms with E-state index in [0.717, 1.165) is 48.9 Å². The Morgan fingerprint density at radius 2 is 1.92 bits per heavy atom. The van der Waals surface area contributed by atoms with E-state index in [2.05, 4.69) is 22.1 Å². The molecule has 2 atom stereocenters. The van der Waals surface area contributed by atoms with Crippen LogP contribution in [-0.4, -0.2) is 66.4 Å². The van der Waals surface area contributed by atoms with Gasteiger partial charge in [0, 0.05) is 56.4 Å². The lowest BCUT2D eigenvalue weighted by atomic mass is 9.93. The number of carbonyl (C=O) groups is 2. The second kappa shape index (κ2) is 9.38. The van der Waals surface area contributed by atoms with Crippen LogP contribution in [0.3, 0.4) is 0 Å². The molecular formula is C27H35ClN4O4. The van der Waals surface area contributed by atoms with Crippen LogP contribution in [-0.2, 0) is 14.3 Å². The van der Waals surface area contributed by atoms with Gasteiger partial charge in [0.25, 0.3) is 0 Å². The lowest BCUT2D eigenvalue weighted by molar-refractivity contribution is -0.118. The Balaban J connectivity index is 1.29. The van der Waals surface area contributed by atoms with E-state index >= 15 is 0 Å². The molecule has 1 aromatic heterocycles. The quantitative estimate of drug-likeness (QED) is 0.614. The number of hydrogen-bond acceptors (Lipinski definition) is 6. The van der Waals surface area contributed by atoms with Crippen LogP contribution >= 0.6 is 11.6 Å². The number of amides is 2. The highest BCUT2D eigenvalue weighted by atomic mass is 35.5. The highest BCUT2D eigenvalue weighted by Crippen LogP contribution is 2.59. The summed E-state index contributed by atoms with van der Waals surface area (Å²) < 4.78 is 11.0. The predicted octanol–water partition coefficient (Wildman–Crippen LogP) is 5.09. The summed E-state index contributed by atoms with van der Waals surface area (Å²) in [5.41, 5.74) is 0.509. The molecule has 9 heteroatoms. The van der Waals surface area contributed by atoms with E-state index in [1.54, 1.807) is 11.1 Å². The fraction of sp³-hybridized carbons (Fsp3) is 0.593. The summed E-state index contributed by atoms with van der Waals surface area (Å²) in [7, 11) is 0. The number of carbonyl (C=O) groups excluding carboxylic acids is 2. The zero-order valence-corrected chi connectivity index (χ0v) is 22.2. The number of rotatable bonds is 3. The summed E-state index contributed by atoms with van der Waals surface area (Å²) in [6, 6.07) is 5.93. The number of nitrogens with one attached hydrogen (secondary N) is 1. The first kappa shape index (κ1) is 25.1. The largest absolute Gasteiger partial charge is 0.444 e. The van der Waals surface area contributed by atoms with Gasteiger partial charge in [0.15, 0.2) is 0 Å². The average Bonchev–Trinajstić information content (AvgIpc) is 3.51. The van der Waals surface area contributed by atoms with Gasteiger partial charge < -0.3 is 24.6 Å². The monoisotopic (exact) mass is 514 g/mol. The van der Waals surface area contributed by atoms with Crippen molar-refractivity contribution in [1.29, 1.82) is 0 Å². The first-order valence-electron chi connectivity index (χ1n) is 12.8. The minimum Gasteiger partial charge on any atom is -0.444 e. The molecule has 2 unspecified atom stereocenters. The summed E-state index contributed by atoms with van der Waals surface area (Å²) in [5, 5.41) is 5.54. The van der Waals surface area contributed by atoms with Crippen molar-refractivity contribution in [2.75, 3.05) is 43.1 Å². The fourth-order valence-corrected chi connectivity index (χ4v) is 5.79. The molecule has 2 amide bonds. The third kappa shape index (κ3) is 5.11. The van der Waals surface area contributed by atoms with Crippen molar-refractivity contribution in [3.05, 3.63) is 29.4 Å². The van der Waals surface area contributed by atoms with E-state index in [9.17, 15) is 9.59 Å². The third-order valence-electron chi connectivity index (χ3n) is 7.62. The Kier molecular flexibility index (Phi) is 6.53. The number of halogens is 1. The molecule has 5 rings (SSSR count). The van der Waals surface area contributed by atoms with Gasteiger partial charge in [-0.25, -0.2) is 9.78 Å². The van der Waals surface area contributed by atoms with Gasteiger partial charge in [0.1, 0.15) is 11.4 Å². The number of hydrogen-bond donors (Lipinski definition) is 1. The number of piperazine rings is 1. The minimum absolute atomic E-state index is 0.0433. The highest BCUT2D eigenvalue weighted by Gasteiger charge is 2.58. The maximum Gasteiger partial charge on any atom is 0.410 e. The van der Waals surface area contributed by atoms with Gasteiger partial charge in [0.05, 0.1) is 10.7 Å². The molecule has 2 aliphatic heterocycles. The molecule has 1 N–H and O–H groups in total. The molecule has 1 spiro atoms. The molecule has 1 aliphatic carbocycles. The Morgan fingerprint density at radius 1 is 1.17 bits per heavy atom. The number of anilines is 2. The predicted molar refractivity (Wildman–Crippen MR) is 141 cm³/mol. The molecule has 1 aromatic carbocycles. The standard InChI is InChI=1S/C27H35ClN4O4/c1-17-16-31(25(34)36-26(2,3)4)7-8-32(17)22-12-18-13-23(29-15-19(18)11-21(22)28)30-24(33)20-14-27(20)5-9-35-10-6-27/h11-13,15,17,20H,5-10,14,16H2,1-4H3,(H,29,30,33). The maximum atomic E-state index is 12.9. The molecule has 2 aromatic rings. The van der Waals surface area contributed by atoms with Crippen molar-refractivity contribution < 1.29 is 19.1 Å². The van der Waals surface area contributed by atoms with Crippen LogP contribution in [0.25, 0.3) is 10.8 Å². The SMILES string of the molecule is CC1CN(C(=O)OC(C)(C)C)CCN1c1cc2cc(NC(=O)C3CC34CCOCC4)ncc2cc1Cl. The van der Waals surface area contributed by atoms with Gasteiger partial charge in [-0.15, -0.1) is 0 Å². The molecule has 0 radical (unpaired) electrons. The first-order valence-corrected chi connectivity index (χ1v) is 13.1. The van der Waals surface area contributed by atoms with Crippen molar-refractivity contribution in [2.45, 2.75) is 58.6 Å². The lowest BCUT2D eigenvalue weighted by Crippen LogP contribution is -2.54. The normalized spacial score (nSPS) is 23.6. The summed E-state index contributed by atoms with van der Waals surface area (Å²) in [6.45, 7) is 10.9. The molecule has 3 heterocycles. The topological polar surface area (TPSA) is 84.0 Å². The number of benzene rings is 1. The fourth-order valence-electron chi connectivity index (χ4n) is 5.51. The molecular weight excluding hydrogens is 480 g/mol. The van der Waals surface area contributed by atoms with Gasteiger partial charge in [-0.2, -0.15) is 0 Å². The van der Waals surface area contributed by atoms with E-state index < -0.39 is 5.60 Å². The molecule has 3 fully saturated rings. The second-order valence-corrected chi connectivity index (χ2v) is 11.8. The first-order chi connectivity index (χ1) is 17.0. The maximum absolute atomic E-state index is 12.9. The summed E-state index contributed by atoms with van der Waals surface area (Å²) in [5.74, 6) is 0.643. The molecule has 0 bridgehead atoms. The van der Waals surface area contributed by atoms with Crippen LogP contribution in [0, 0.1) is 11.3 Å². The van der Waals surface area contributed by atoms with Crippen molar-refractivity contribution in [1.82, 2.24) is 9.88 Å². The number of ether oxygens (including phenoxy) is 2. The Hall–Kier alpha value is -2.58. The van der Waals surface area contributed by atoms with Crippen molar-refractivity contribution in [3.8, 4) is 0 Å². The van der Waals surface area contributed by atoms with E-state index in [1.165, 1.54) is 0 Å². The van der Waals surface area contributed by atoms with Gasteiger partial charge >= 0.3 is 6.09 Å². The van der Waals surface area contributed by atoms with E-state index in [-0.39, 0.29) is 29.4 Å². The van der Waals surface area contributed by atoms with E-state index in [4.69, 9.17) is 21.1 Å². The summed E-state index contributed by atoms with van der Waals surface area (Å²) in [6.07, 6.45) is 4.31. The Bertz CT molecular complexity index is 1170. The smallest absolute Gasteiger partial charge is 0.410 e. The third-order valence-corrected chi connectivity index (χ3v) is 7.92. The van der Waals surface area contributed by atoms with Crippen LogP contribution in [0.2, 0.25) is 5.02 Å². The zero-order chi connectivity index (χ0) is 25.7. The zero-order valence-electron chi connectivity index (χ0n) is 21.5. The lowest BCUT2D eigenvalue weighted by Gasteiger charge is -2.41. The average molecular weight is 515 g/mol. The van der Waals surface area contributed by atoms with Crippen molar-refractivity contribution >= 4 is 45.9 Å². The second-order valence-electron chi connectivity index (χ2n) is 11.4. The molecule has 194 valence electrons. The van der Waals surface area contributed by atoms with Gasteiger partial charge in [-0.3, -0.25) is 4.79 Å². The Morgan fingerprint density at radius 3 is 2.61 bits per heavy atom. The number of fused-ring (bicyclic) bond motifs is 1. The molecule has 8 nitrogen and oxygen atoms in total. The van der Waals surface area contributed by atoms with E-state index in [0.29, 0.717) is 30.5 Å². The van der Waals surface area contributed by atoms with Crippen LogP contribution in [0.5, 0.6) is 0 Å². The van der Waals surface area contributed by atoms with Gasteiger partial charge in [0.2, 0.25) is 5.91 Å². The Labute approximate surface area is 217 Å². The van der Waals surface area contributed by atoms with Crippen molar-refractivity contribution in [3.63, 3.8) is 0 Å². The molecule has 1 saturated carbocycles. The van der Waals surface area contributed by atoms with E-state index in [1.807, 2.05) is 39.0 Å². The molecule has 36 heavy (non-hydrogen) atoms. The van der Waals surface area contributed by atoms with Gasteiger partial charge in [-0.1, -0.05) is 11.6 Å². The molecule has 3 aliphatic rings. The molecule has 2 saturated heterocycles. The number of pyridine rings is 1. The highest BCUT2D eigenvalue weighted by molar-refractivity contribution is 6.34. The number of aromatic nitrogens is 1. The van der Waals surface area contributed by atoms with Crippen LogP contribution in [0.15, 0.2) is 24.4 Å². The van der Waals surface area contributed by atoms with Gasteiger partial charge in [-0.05, 0) is 76.0 Å². The van der Waals surface area contributed by atoms with Crippen LogP contribution < -0.4 is 10.2 Å². The van der Waals surface area contributed by atoms with Crippen LogP contribution in [0.1, 0.15) is 47.0 Å². The van der Waals surface area contributed by atoms with Crippen molar-refractivity contribution in [2.24, 2.45) is 11.3 Å². The summed E-state index contributed by atoms with van der Waals surface area (Å²) in [4.78, 5) is 33.9.